The molecule has 25 heavy (non-hydrogen) atoms. The number of fused-ring (bicyclic) bond motifs is 1. The predicted octanol–water partition coefficient (Wildman–Crippen LogP) is 2.74. The van der Waals surface area contributed by atoms with Gasteiger partial charge in [0.25, 0.3) is 0 Å². The number of nitrogens with one attached hydrogen (secondary N) is 1. The Bertz CT molecular complexity index is 910. The molecule has 4 heterocycles. The molecule has 0 radical (unpaired) electrons. The van der Waals surface area contributed by atoms with Crippen molar-refractivity contribution < 1.29 is 4.79 Å². The van der Waals surface area contributed by atoms with E-state index in [2.05, 4.69) is 24.5 Å². The fourth-order valence-electron chi connectivity index (χ4n) is 3.85. The van der Waals surface area contributed by atoms with E-state index in [1.54, 1.807) is 0 Å². The molecule has 1 N–H and O–H groups in total. The van der Waals surface area contributed by atoms with Crippen LogP contribution in [0.1, 0.15) is 46.3 Å². The maximum absolute atomic E-state index is 12.7. The molecular weight excluding hydrogens is 314 g/mol. The molecule has 1 fully saturated rings. The number of carbonyl (C=O) groups is 1. The minimum atomic E-state index is 0.189. The molecule has 1 unspecified atom stereocenters. The Morgan fingerprint density at radius 3 is 3.00 bits per heavy atom. The van der Waals surface area contributed by atoms with Crippen molar-refractivity contribution in [2.45, 2.75) is 32.6 Å². The van der Waals surface area contributed by atoms with Gasteiger partial charge in [0.1, 0.15) is 5.82 Å². The highest BCUT2D eigenvalue weighted by atomic mass is 16.1. The molecule has 130 valence electrons. The Morgan fingerprint density at radius 2 is 2.20 bits per heavy atom. The zero-order valence-electron chi connectivity index (χ0n) is 14.7. The van der Waals surface area contributed by atoms with Crippen LogP contribution in [0.4, 0.5) is 0 Å². The summed E-state index contributed by atoms with van der Waals surface area (Å²) in [6.07, 6.45) is 4.17. The van der Waals surface area contributed by atoms with Crippen molar-refractivity contribution in [1.29, 1.82) is 0 Å². The van der Waals surface area contributed by atoms with Gasteiger partial charge in [-0.2, -0.15) is 0 Å². The molecule has 0 saturated carbocycles. The smallest absolute Gasteiger partial charge is 0.178 e. The van der Waals surface area contributed by atoms with Crippen molar-refractivity contribution in [3.63, 3.8) is 0 Å². The van der Waals surface area contributed by atoms with Gasteiger partial charge >= 0.3 is 0 Å². The van der Waals surface area contributed by atoms with Crippen molar-refractivity contribution >= 4 is 11.4 Å². The van der Waals surface area contributed by atoms with E-state index in [1.165, 1.54) is 0 Å². The van der Waals surface area contributed by atoms with E-state index < -0.39 is 0 Å². The van der Waals surface area contributed by atoms with Gasteiger partial charge in [-0.3, -0.25) is 14.1 Å². The van der Waals surface area contributed by atoms with Crippen LogP contribution in [0.15, 0.2) is 30.5 Å². The molecule has 1 aliphatic rings. The molecule has 4 rings (SSSR count). The first-order chi connectivity index (χ1) is 12.1. The number of Topliss-reactive ketones (excluding diaryl/α,β-unsaturated/α-hetero) is 1. The Balaban J connectivity index is 1.49. The van der Waals surface area contributed by atoms with Gasteiger partial charge in [-0.25, -0.2) is 0 Å². The van der Waals surface area contributed by atoms with Crippen LogP contribution in [0.2, 0.25) is 0 Å². The van der Waals surface area contributed by atoms with Crippen LogP contribution < -0.4 is 0 Å². The number of nitrogens with zero attached hydrogens (tertiary/aromatic N) is 4. The maximum Gasteiger partial charge on any atom is 0.178 e. The molecule has 0 aromatic carbocycles. The number of rotatable bonds is 4. The first kappa shape index (κ1) is 16.0. The minimum absolute atomic E-state index is 0.189. The fraction of sp³-hybridized carbons (Fsp3) is 0.421. The largest absolute Gasteiger partial charge is 0.362 e. The number of hydrogen-bond donors (Lipinski definition) is 1. The third-order valence-electron chi connectivity index (χ3n) is 5.03. The van der Waals surface area contributed by atoms with E-state index in [0.717, 1.165) is 54.4 Å². The van der Waals surface area contributed by atoms with Crippen LogP contribution in [-0.2, 0) is 0 Å². The molecule has 0 amide bonds. The minimum Gasteiger partial charge on any atom is -0.362 e. The van der Waals surface area contributed by atoms with E-state index >= 15 is 0 Å². The Morgan fingerprint density at radius 1 is 1.32 bits per heavy atom. The molecule has 0 aliphatic carbocycles. The van der Waals surface area contributed by atoms with E-state index in [0.29, 0.717) is 12.5 Å². The second-order valence-electron chi connectivity index (χ2n) is 6.98. The van der Waals surface area contributed by atoms with Gasteiger partial charge in [-0.05, 0) is 51.4 Å². The van der Waals surface area contributed by atoms with Crippen molar-refractivity contribution in [3.05, 3.63) is 53.2 Å². The summed E-state index contributed by atoms with van der Waals surface area (Å²) < 4.78 is 2.07. The third-order valence-corrected chi connectivity index (χ3v) is 5.03. The lowest BCUT2D eigenvalue weighted by Crippen LogP contribution is -2.38. The number of likely N-dealkylation sites (tertiary alicyclic amines) is 1. The number of H-pyrrole nitrogens is 1. The van der Waals surface area contributed by atoms with Crippen LogP contribution in [0, 0.1) is 13.8 Å². The lowest BCUT2D eigenvalue weighted by molar-refractivity contribution is 0.0904. The van der Waals surface area contributed by atoms with Gasteiger partial charge < -0.3 is 4.98 Å². The average molecular weight is 337 g/mol. The zero-order chi connectivity index (χ0) is 17.4. The summed E-state index contributed by atoms with van der Waals surface area (Å²) in [5.41, 5.74) is 3.68. The number of hydrogen-bond acceptors (Lipinski definition) is 4. The summed E-state index contributed by atoms with van der Waals surface area (Å²) in [6, 6.07) is 7.89. The molecule has 6 heteroatoms. The van der Waals surface area contributed by atoms with Crippen molar-refractivity contribution in [2.75, 3.05) is 19.6 Å². The molecule has 3 aromatic rings. The van der Waals surface area contributed by atoms with Gasteiger partial charge in [0.05, 0.1) is 6.54 Å². The summed E-state index contributed by atoms with van der Waals surface area (Å²) in [4.78, 5) is 18.1. The van der Waals surface area contributed by atoms with Crippen LogP contribution in [0.25, 0.3) is 5.65 Å². The van der Waals surface area contributed by atoms with Gasteiger partial charge in [0.2, 0.25) is 0 Å². The van der Waals surface area contributed by atoms with Crippen LogP contribution >= 0.6 is 0 Å². The van der Waals surface area contributed by atoms with Gasteiger partial charge in [-0.1, -0.05) is 6.07 Å². The van der Waals surface area contributed by atoms with E-state index in [1.807, 2.05) is 44.3 Å². The Hall–Kier alpha value is -2.47. The predicted molar refractivity (Wildman–Crippen MR) is 96.0 cm³/mol. The van der Waals surface area contributed by atoms with Crippen LogP contribution in [0.5, 0.6) is 0 Å². The highest BCUT2D eigenvalue weighted by Gasteiger charge is 2.27. The normalized spacial score (nSPS) is 18.7. The highest BCUT2D eigenvalue weighted by molar-refractivity contribution is 5.98. The number of aromatic nitrogens is 4. The summed E-state index contributed by atoms with van der Waals surface area (Å²) in [6.45, 7) is 6.22. The van der Waals surface area contributed by atoms with Gasteiger partial charge in [-0.15, -0.1) is 10.2 Å². The molecule has 1 atom stereocenters. The molecule has 0 spiro atoms. The number of carbonyl (C=O) groups excluding carboxylic acids is 1. The lowest BCUT2D eigenvalue weighted by atomic mass is 9.96. The summed E-state index contributed by atoms with van der Waals surface area (Å²) in [5, 5.41) is 8.67. The Kier molecular flexibility index (Phi) is 4.13. The zero-order valence-corrected chi connectivity index (χ0v) is 14.7. The summed E-state index contributed by atoms with van der Waals surface area (Å²) in [7, 11) is 0. The third kappa shape index (κ3) is 3.09. The molecule has 3 aromatic heterocycles. The second kappa shape index (κ2) is 6.44. The van der Waals surface area contributed by atoms with Crippen LogP contribution in [-0.4, -0.2) is 49.9 Å². The highest BCUT2D eigenvalue weighted by Crippen LogP contribution is 2.26. The Labute approximate surface area is 146 Å². The van der Waals surface area contributed by atoms with Crippen molar-refractivity contribution in [1.82, 2.24) is 24.5 Å². The molecular formula is C19H23N5O. The monoisotopic (exact) mass is 337 g/mol. The van der Waals surface area contributed by atoms with E-state index in [9.17, 15) is 4.79 Å². The van der Waals surface area contributed by atoms with E-state index in [-0.39, 0.29) is 5.78 Å². The number of aryl methyl sites for hydroxylation is 2. The number of ketones is 1. The summed E-state index contributed by atoms with van der Waals surface area (Å²) in [5.74, 6) is 1.50. The number of aromatic amines is 1. The van der Waals surface area contributed by atoms with Crippen molar-refractivity contribution in [2.24, 2.45) is 0 Å². The topological polar surface area (TPSA) is 66.3 Å². The standard InChI is InChI=1S/C19H23N5O/c1-13-10-16(14(2)20-13)17(25)12-23-8-5-6-15(11-23)19-22-21-18-7-3-4-9-24(18)19/h3-4,7,9-10,15,20H,5-6,8,11-12H2,1-2H3. The first-order valence-electron chi connectivity index (χ1n) is 8.83. The van der Waals surface area contributed by atoms with Gasteiger partial charge in [0, 0.05) is 35.6 Å². The lowest BCUT2D eigenvalue weighted by Gasteiger charge is -2.31. The first-order valence-corrected chi connectivity index (χ1v) is 8.83. The average Bonchev–Trinajstić information content (AvgIpc) is 3.18. The molecule has 0 bridgehead atoms. The SMILES string of the molecule is Cc1cc(C(=O)CN2CCCC(c3nnc4ccccn34)C2)c(C)[nH]1. The number of piperidine rings is 1. The number of pyridine rings is 1. The molecule has 1 saturated heterocycles. The summed E-state index contributed by atoms with van der Waals surface area (Å²) >= 11 is 0. The van der Waals surface area contributed by atoms with Gasteiger partial charge in [0.15, 0.2) is 11.4 Å². The quantitative estimate of drug-likeness (QED) is 0.744. The second-order valence-corrected chi connectivity index (χ2v) is 6.98. The van der Waals surface area contributed by atoms with E-state index in [4.69, 9.17) is 0 Å². The van der Waals surface area contributed by atoms with Crippen LogP contribution in [0.3, 0.4) is 0 Å². The maximum atomic E-state index is 12.7. The van der Waals surface area contributed by atoms with Crippen molar-refractivity contribution in [3.8, 4) is 0 Å². The molecule has 1 aliphatic heterocycles. The molecule has 6 nitrogen and oxygen atoms in total. The fourth-order valence-corrected chi connectivity index (χ4v) is 3.85.